The predicted molar refractivity (Wildman–Crippen MR) is 92.0 cm³/mol. The minimum absolute atomic E-state index is 0.310. The van der Waals surface area contributed by atoms with Crippen LogP contribution < -0.4 is 10.1 Å². The molecule has 7 heteroatoms. The zero-order chi connectivity index (χ0) is 18.9. The van der Waals surface area contributed by atoms with Crippen molar-refractivity contribution in [3.8, 4) is 17.9 Å². The number of carbonyl (C=O) groups excluding carboxylic acids is 2. The molecule has 0 saturated heterocycles. The summed E-state index contributed by atoms with van der Waals surface area (Å²) in [7, 11) is 0. The molecule has 0 aliphatic heterocycles. The second-order valence-electron chi connectivity index (χ2n) is 5.21. The first-order chi connectivity index (χ1) is 12.5. The van der Waals surface area contributed by atoms with Gasteiger partial charge in [0.2, 0.25) is 0 Å². The van der Waals surface area contributed by atoms with Crippen LogP contribution in [0.15, 0.2) is 48.5 Å². The van der Waals surface area contributed by atoms with Crippen LogP contribution in [0.4, 0.5) is 5.69 Å². The number of nitrogens with one attached hydrogen (secondary N) is 1. The summed E-state index contributed by atoms with van der Waals surface area (Å²) in [6.07, 6.45) is -0.929. The second kappa shape index (κ2) is 8.86. The summed E-state index contributed by atoms with van der Waals surface area (Å²) >= 11 is 0. The molecule has 2 aromatic carbocycles. The van der Waals surface area contributed by atoms with Crippen molar-refractivity contribution < 1.29 is 19.1 Å². The summed E-state index contributed by atoms with van der Waals surface area (Å²) in [5, 5.41) is 20.2. The number of amides is 1. The molecule has 0 spiro atoms. The fourth-order valence-electron chi connectivity index (χ4n) is 1.99. The van der Waals surface area contributed by atoms with Crippen molar-refractivity contribution in [2.45, 2.75) is 13.0 Å². The van der Waals surface area contributed by atoms with E-state index in [1.54, 1.807) is 48.5 Å². The van der Waals surface area contributed by atoms with Crippen LogP contribution >= 0.6 is 0 Å². The lowest BCUT2D eigenvalue weighted by Gasteiger charge is -2.14. The van der Waals surface area contributed by atoms with E-state index in [1.165, 1.54) is 6.92 Å². The van der Waals surface area contributed by atoms with Gasteiger partial charge in [0.05, 0.1) is 22.9 Å². The van der Waals surface area contributed by atoms with E-state index in [-0.39, 0.29) is 0 Å². The van der Waals surface area contributed by atoms with Crippen molar-refractivity contribution in [1.82, 2.24) is 0 Å². The maximum atomic E-state index is 11.9. The molecule has 0 heterocycles. The Kier molecular flexibility index (Phi) is 6.30. The highest BCUT2D eigenvalue weighted by molar-refractivity contribution is 5.94. The number of para-hydroxylation sites is 1. The number of carbonyl (C=O) groups is 2. The van der Waals surface area contributed by atoms with Gasteiger partial charge in [0, 0.05) is 0 Å². The molecule has 130 valence electrons. The van der Waals surface area contributed by atoms with Crippen LogP contribution in [0.5, 0.6) is 5.75 Å². The quantitative estimate of drug-likeness (QED) is 0.801. The van der Waals surface area contributed by atoms with Crippen LogP contribution in [-0.4, -0.2) is 24.6 Å². The lowest BCUT2D eigenvalue weighted by Crippen LogP contribution is -2.29. The SMILES string of the molecule is C[C@H](Oc1ccc(C#N)cc1)C(=O)OCC(=O)Nc1ccccc1C#N. The van der Waals surface area contributed by atoms with Crippen LogP contribution in [0, 0.1) is 22.7 Å². The average Bonchev–Trinajstić information content (AvgIpc) is 2.67. The fourth-order valence-corrected chi connectivity index (χ4v) is 1.99. The van der Waals surface area contributed by atoms with Crippen LogP contribution in [-0.2, 0) is 14.3 Å². The van der Waals surface area contributed by atoms with E-state index in [4.69, 9.17) is 20.0 Å². The molecule has 0 aromatic heterocycles. The summed E-state index contributed by atoms with van der Waals surface area (Å²) in [5.41, 5.74) is 1.13. The van der Waals surface area contributed by atoms with E-state index in [2.05, 4.69) is 5.32 Å². The molecule has 0 bridgehead atoms. The van der Waals surface area contributed by atoms with Crippen molar-refractivity contribution in [2.75, 3.05) is 11.9 Å². The van der Waals surface area contributed by atoms with Gasteiger partial charge in [0.1, 0.15) is 11.8 Å². The molecule has 1 N–H and O–H groups in total. The molecule has 1 amide bonds. The first-order valence-electron chi connectivity index (χ1n) is 7.66. The Morgan fingerprint density at radius 1 is 1.08 bits per heavy atom. The highest BCUT2D eigenvalue weighted by Gasteiger charge is 2.18. The lowest BCUT2D eigenvalue weighted by molar-refractivity contribution is -0.153. The van der Waals surface area contributed by atoms with Gasteiger partial charge >= 0.3 is 5.97 Å². The monoisotopic (exact) mass is 349 g/mol. The molecule has 0 aliphatic rings. The molecular formula is C19H15N3O4. The average molecular weight is 349 g/mol. The highest BCUT2D eigenvalue weighted by Crippen LogP contribution is 2.15. The maximum absolute atomic E-state index is 11.9. The number of ether oxygens (including phenoxy) is 2. The van der Waals surface area contributed by atoms with E-state index in [9.17, 15) is 9.59 Å². The molecular weight excluding hydrogens is 334 g/mol. The van der Waals surface area contributed by atoms with Gasteiger partial charge in [-0.1, -0.05) is 12.1 Å². The summed E-state index contributed by atoms with van der Waals surface area (Å²) in [5.74, 6) is -0.870. The van der Waals surface area contributed by atoms with Crippen LogP contribution in [0.2, 0.25) is 0 Å². The number of hydrogen-bond donors (Lipinski definition) is 1. The summed E-state index contributed by atoms with van der Waals surface area (Å²) in [6, 6.07) is 16.7. The van der Waals surface area contributed by atoms with Gasteiger partial charge in [-0.2, -0.15) is 10.5 Å². The van der Waals surface area contributed by atoms with Gasteiger partial charge in [0.25, 0.3) is 5.91 Å². The largest absolute Gasteiger partial charge is 0.479 e. The number of esters is 1. The lowest BCUT2D eigenvalue weighted by atomic mass is 10.2. The van der Waals surface area contributed by atoms with Crippen LogP contribution in [0.3, 0.4) is 0 Å². The zero-order valence-electron chi connectivity index (χ0n) is 13.9. The predicted octanol–water partition coefficient (Wildman–Crippen LogP) is 2.38. The second-order valence-corrected chi connectivity index (χ2v) is 5.21. The maximum Gasteiger partial charge on any atom is 0.347 e. The van der Waals surface area contributed by atoms with E-state index >= 15 is 0 Å². The molecule has 2 rings (SSSR count). The topological polar surface area (TPSA) is 112 Å². The third-order valence-corrected chi connectivity index (χ3v) is 3.30. The van der Waals surface area contributed by atoms with Gasteiger partial charge in [-0.05, 0) is 43.3 Å². The molecule has 2 aromatic rings. The van der Waals surface area contributed by atoms with E-state index in [0.29, 0.717) is 22.6 Å². The first kappa shape index (κ1) is 18.5. The van der Waals surface area contributed by atoms with Gasteiger partial charge in [0.15, 0.2) is 12.7 Å². The minimum atomic E-state index is -0.929. The van der Waals surface area contributed by atoms with Crippen molar-refractivity contribution in [3.05, 3.63) is 59.7 Å². The minimum Gasteiger partial charge on any atom is -0.479 e. The third-order valence-electron chi connectivity index (χ3n) is 3.30. The molecule has 1 atom stereocenters. The van der Waals surface area contributed by atoms with Gasteiger partial charge in [-0.3, -0.25) is 4.79 Å². The Bertz CT molecular complexity index is 879. The van der Waals surface area contributed by atoms with E-state index in [1.807, 2.05) is 12.1 Å². The highest BCUT2D eigenvalue weighted by atomic mass is 16.6. The molecule has 0 saturated carbocycles. The smallest absolute Gasteiger partial charge is 0.347 e. The zero-order valence-corrected chi connectivity index (χ0v) is 13.9. The summed E-state index contributed by atoms with van der Waals surface area (Å²) < 4.78 is 10.3. The van der Waals surface area contributed by atoms with Crippen LogP contribution in [0.1, 0.15) is 18.1 Å². The van der Waals surface area contributed by atoms with Crippen molar-refractivity contribution in [3.63, 3.8) is 0 Å². The number of benzene rings is 2. The normalized spacial score (nSPS) is 10.7. The molecule has 0 aliphatic carbocycles. The summed E-state index contributed by atoms with van der Waals surface area (Å²) in [4.78, 5) is 23.8. The van der Waals surface area contributed by atoms with Gasteiger partial charge < -0.3 is 14.8 Å². The van der Waals surface area contributed by atoms with Gasteiger partial charge in [-0.25, -0.2) is 4.79 Å². The Labute approximate surface area is 150 Å². The Hall–Kier alpha value is -3.84. The number of hydrogen-bond acceptors (Lipinski definition) is 6. The number of nitriles is 2. The van der Waals surface area contributed by atoms with E-state index < -0.39 is 24.6 Å². The first-order valence-corrected chi connectivity index (χ1v) is 7.66. The fraction of sp³-hybridized carbons (Fsp3) is 0.158. The summed E-state index contributed by atoms with van der Waals surface area (Å²) in [6.45, 7) is 0.989. The van der Waals surface area contributed by atoms with Gasteiger partial charge in [-0.15, -0.1) is 0 Å². The van der Waals surface area contributed by atoms with Crippen molar-refractivity contribution in [1.29, 1.82) is 10.5 Å². The molecule has 26 heavy (non-hydrogen) atoms. The molecule has 7 nitrogen and oxygen atoms in total. The number of rotatable bonds is 6. The molecule has 0 unspecified atom stereocenters. The molecule has 0 fully saturated rings. The Morgan fingerprint density at radius 2 is 1.77 bits per heavy atom. The Morgan fingerprint density at radius 3 is 2.42 bits per heavy atom. The van der Waals surface area contributed by atoms with Crippen molar-refractivity contribution >= 4 is 17.6 Å². The standard InChI is InChI=1S/C19H15N3O4/c1-13(26-16-8-6-14(10-20)7-9-16)19(24)25-12-18(23)22-17-5-3-2-4-15(17)11-21/h2-9,13H,12H2,1H3,(H,22,23)/t13-/m0/s1. The number of anilines is 1. The van der Waals surface area contributed by atoms with E-state index in [0.717, 1.165) is 0 Å². The van der Waals surface area contributed by atoms with Crippen molar-refractivity contribution in [2.24, 2.45) is 0 Å². The third kappa shape index (κ3) is 5.08. The molecule has 0 radical (unpaired) electrons. The van der Waals surface area contributed by atoms with Crippen LogP contribution in [0.25, 0.3) is 0 Å². The number of nitrogens with zero attached hydrogens (tertiary/aromatic N) is 2. The Balaban J connectivity index is 1.84.